The molecule has 0 saturated heterocycles. The fourth-order valence-corrected chi connectivity index (χ4v) is 1.59. The molecule has 0 amide bonds. The highest BCUT2D eigenvalue weighted by Gasteiger charge is 2.16. The first-order chi connectivity index (χ1) is 6.61. The number of fused-ring (bicyclic) bond motifs is 1. The quantitative estimate of drug-likeness (QED) is 0.796. The van der Waals surface area contributed by atoms with Crippen LogP contribution < -0.4 is 0 Å². The highest BCUT2D eigenvalue weighted by atomic mass is 79.9. The van der Waals surface area contributed by atoms with E-state index in [9.17, 15) is 9.18 Å². The van der Waals surface area contributed by atoms with Gasteiger partial charge in [0.05, 0.1) is 6.20 Å². The SMILES string of the molecule is O=C(O)c1cnn2c(Br)ccc(F)c12. The van der Waals surface area contributed by atoms with E-state index in [1.54, 1.807) is 0 Å². The maximum absolute atomic E-state index is 13.3. The molecule has 2 rings (SSSR count). The predicted octanol–water partition coefficient (Wildman–Crippen LogP) is 1.93. The molecule has 0 aliphatic rings. The summed E-state index contributed by atoms with van der Waals surface area (Å²) >= 11 is 3.13. The molecule has 0 fully saturated rings. The van der Waals surface area contributed by atoms with Crippen LogP contribution in [0.1, 0.15) is 10.4 Å². The number of hydrogen-bond donors (Lipinski definition) is 1. The summed E-state index contributed by atoms with van der Waals surface area (Å²) in [5, 5.41) is 12.5. The van der Waals surface area contributed by atoms with Gasteiger partial charge in [0, 0.05) is 0 Å². The molecule has 2 heterocycles. The van der Waals surface area contributed by atoms with Crippen molar-refractivity contribution in [2.75, 3.05) is 0 Å². The highest BCUT2D eigenvalue weighted by molar-refractivity contribution is 9.10. The Bertz CT molecular complexity index is 523. The van der Waals surface area contributed by atoms with Crippen LogP contribution in [0.5, 0.6) is 0 Å². The number of aromatic carboxylic acids is 1. The molecule has 2 aromatic heterocycles. The van der Waals surface area contributed by atoms with Crippen LogP contribution in [0.15, 0.2) is 22.9 Å². The number of halogens is 2. The summed E-state index contributed by atoms with van der Waals surface area (Å²) < 4.78 is 15.0. The molecule has 0 unspecified atom stereocenters. The molecule has 4 nitrogen and oxygen atoms in total. The third-order valence-corrected chi connectivity index (χ3v) is 2.40. The van der Waals surface area contributed by atoms with Gasteiger partial charge in [-0.25, -0.2) is 13.7 Å². The van der Waals surface area contributed by atoms with Gasteiger partial charge in [-0.05, 0) is 28.1 Å². The molecule has 0 aromatic carbocycles. The minimum absolute atomic E-state index is 0.0353. The van der Waals surface area contributed by atoms with Gasteiger partial charge < -0.3 is 5.11 Å². The van der Waals surface area contributed by atoms with Crippen molar-refractivity contribution in [3.63, 3.8) is 0 Å². The first kappa shape index (κ1) is 9.14. The molecule has 14 heavy (non-hydrogen) atoms. The van der Waals surface area contributed by atoms with E-state index in [0.29, 0.717) is 4.60 Å². The van der Waals surface area contributed by atoms with Crippen molar-refractivity contribution in [1.29, 1.82) is 0 Å². The Morgan fingerprint density at radius 3 is 2.93 bits per heavy atom. The van der Waals surface area contributed by atoms with Crippen molar-refractivity contribution in [3.8, 4) is 0 Å². The number of carbonyl (C=O) groups is 1. The first-order valence-electron chi connectivity index (χ1n) is 3.66. The van der Waals surface area contributed by atoms with Gasteiger partial charge in [-0.1, -0.05) is 0 Å². The van der Waals surface area contributed by atoms with Crippen LogP contribution in [0.25, 0.3) is 5.52 Å². The molecule has 0 radical (unpaired) electrons. The molecule has 0 atom stereocenters. The average molecular weight is 259 g/mol. The van der Waals surface area contributed by atoms with Gasteiger partial charge in [0.1, 0.15) is 21.5 Å². The van der Waals surface area contributed by atoms with Crippen LogP contribution in [-0.2, 0) is 0 Å². The van der Waals surface area contributed by atoms with Gasteiger partial charge in [-0.15, -0.1) is 0 Å². The van der Waals surface area contributed by atoms with Gasteiger partial charge in [0.2, 0.25) is 0 Å². The number of pyridine rings is 1. The van der Waals surface area contributed by atoms with Crippen molar-refractivity contribution < 1.29 is 14.3 Å². The van der Waals surface area contributed by atoms with Gasteiger partial charge in [0.15, 0.2) is 0 Å². The number of rotatable bonds is 1. The fraction of sp³-hybridized carbons (Fsp3) is 0. The normalized spacial score (nSPS) is 10.7. The molecular weight excluding hydrogens is 255 g/mol. The summed E-state index contributed by atoms with van der Waals surface area (Å²) in [6.07, 6.45) is 1.12. The zero-order valence-electron chi connectivity index (χ0n) is 6.74. The number of nitrogens with zero attached hydrogens (tertiary/aromatic N) is 2. The Balaban J connectivity index is 2.90. The van der Waals surface area contributed by atoms with Crippen molar-refractivity contribution in [1.82, 2.24) is 9.61 Å². The summed E-state index contributed by atoms with van der Waals surface area (Å²) in [4.78, 5) is 10.7. The fourth-order valence-electron chi connectivity index (χ4n) is 1.19. The van der Waals surface area contributed by atoms with Crippen LogP contribution in [0.2, 0.25) is 0 Å². The molecular formula is C8H4BrFN2O2. The largest absolute Gasteiger partial charge is 0.478 e. The third-order valence-electron chi connectivity index (χ3n) is 1.80. The molecule has 72 valence electrons. The standard InChI is InChI=1S/C8H4BrFN2O2/c9-6-2-1-5(10)7-4(8(13)14)3-11-12(6)7/h1-3H,(H,13,14). The summed E-state index contributed by atoms with van der Waals surface area (Å²) in [5.41, 5.74) is -0.185. The smallest absolute Gasteiger partial charge is 0.339 e. The Hall–Kier alpha value is -1.43. The number of carboxylic acids is 1. The Labute approximate surface area is 86.1 Å². The van der Waals surface area contributed by atoms with E-state index in [0.717, 1.165) is 6.20 Å². The van der Waals surface area contributed by atoms with E-state index in [-0.39, 0.29) is 11.1 Å². The van der Waals surface area contributed by atoms with Crippen LogP contribution in [-0.4, -0.2) is 20.7 Å². The zero-order valence-corrected chi connectivity index (χ0v) is 8.32. The molecule has 0 aliphatic carbocycles. The van der Waals surface area contributed by atoms with Crippen molar-refractivity contribution >= 4 is 27.4 Å². The molecule has 2 aromatic rings. The van der Waals surface area contributed by atoms with E-state index in [1.807, 2.05) is 0 Å². The molecule has 0 aliphatic heterocycles. The highest BCUT2D eigenvalue weighted by Crippen LogP contribution is 2.19. The first-order valence-corrected chi connectivity index (χ1v) is 4.45. The summed E-state index contributed by atoms with van der Waals surface area (Å²) in [6.45, 7) is 0. The lowest BCUT2D eigenvalue weighted by molar-refractivity contribution is 0.0698. The maximum atomic E-state index is 13.3. The topological polar surface area (TPSA) is 54.6 Å². The average Bonchev–Trinajstić information content (AvgIpc) is 2.56. The second-order valence-corrected chi connectivity index (χ2v) is 3.44. The van der Waals surface area contributed by atoms with Crippen molar-refractivity contribution in [2.45, 2.75) is 0 Å². The van der Waals surface area contributed by atoms with Crippen molar-refractivity contribution in [2.24, 2.45) is 0 Å². The Morgan fingerprint density at radius 2 is 2.29 bits per heavy atom. The lowest BCUT2D eigenvalue weighted by Gasteiger charge is -1.98. The third kappa shape index (κ3) is 1.19. The summed E-state index contributed by atoms with van der Waals surface area (Å²) in [5.74, 6) is -1.81. The van der Waals surface area contributed by atoms with Crippen molar-refractivity contribution in [3.05, 3.63) is 34.3 Å². The Kier molecular flexibility index (Phi) is 1.99. The molecule has 0 bridgehead atoms. The van der Waals surface area contributed by atoms with E-state index < -0.39 is 11.8 Å². The van der Waals surface area contributed by atoms with E-state index >= 15 is 0 Å². The summed E-state index contributed by atoms with van der Waals surface area (Å²) in [7, 11) is 0. The number of hydrogen-bond acceptors (Lipinski definition) is 2. The molecule has 0 saturated carbocycles. The second kappa shape index (κ2) is 3.06. The van der Waals surface area contributed by atoms with Gasteiger partial charge in [-0.2, -0.15) is 5.10 Å². The molecule has 1 N–H and O–H groups in total. The lowest BCUT2D eigenvalue weighted by atomic mass is 10.2. The molecule has 6 heteroatoms. The van der Waals surface area contributed by atoms with E-state index in [1.165, 1.54) is 16.6 Å². The minimum atomic E-state index is -1.20. The van der Waals surface area contributed by atoms with E-state index in [4.69, 9.17) is 5.11 Å². The monoisotopic (exact) mass is 258 g/mol. The second-order valence-electron chi connectivity index (χ2n) is 2.63. The predicted molar refractivity (Wildman–Crippen MR) is 49.8 cm³/mol. The Morgan fingerprint density at radius 1 is 1.57 bits per heavy atom. The van der Waals surface area contributed by atoms with Crippen LogP contribution in [0.3, 0.4) is 0 Å². The minimum Gasteiger partial charge on any atom is -0.478 e. The zero-order chi connectivity index (χ0) is 10.3. The lowest BCUT2D eigenvalue weighted by Crippen LogP contribution is -1.98. The number of carboxylic acid groups (broad SMARTS) is 1. The number of aromatic nitrogens is 2. The van der Waals surface area contributed by atoms with Crippen LogP contribution >= 0.6 is 15.9 Å². The van der Waals surface area contributed by atoms with Crippen LogP contribution in [0.4, 0.5) is 4.39 Å². The maximum Gasteiger partial charge on any atom is 0.339 e. The molecule has 0 spiro atoms. The van der Waals surface area contributed by atoms with Crippen LogP contribution in [0, 0.1) is 5.82 Å². The van der Waals surface area contributed by atoms with E-state index in [2.05, 4.69) is 21.0 Å². The van der Waals surface area contributed by atoms with Gasteiger partial charge >= 0.3 is 5.97 Å². The van der Waals surface area contributed by atoms with Gasteiger partial charge in [0.25, 0.3) is 0 Å². The van der Waals surface area contributed by atoms with Gasteiger partial charge in [-0.3, -0.25) is 0 Å². The summed E-state index contributed by atoms with van der Waals surface area (Å²) in [6, 6.07) is 2.65.